The van der Waals surface area contributed by atoms with Gasteiger partial charge >= 0.3 is 0 Å². The van der Waals surface area contributed by atoms with Crippen LogP contribution in [0.3, 0.4) is 0 Å². The average Bonchev–Trinajstić information content (AvgIpc) is 1.93. The van der Waals surface area contributed by atoms with Crippen molar-refractivity contribution in [3.05, 3.63) is 12.7 Å². The molecule has 2 heteroatoms. The SMILES string of the molecule is C=CCOC(OC(C)(C)C)C(C)(C)C. The van der Waals surface area contributed by atoms with E-state index in [-0.39, 0.29) is 17.3 Å². The lowest BCUT2D eigenvalue weighted by Gasteiger charge is -2.35. The van der Waals surface area contributed by atoms with Crippen molar-refractivity contribution in [1.82, 2.24) is 0 Å². The molecule has 0 aromatic rings. The van der Waals surface area contributed by atoms with Gasteiger partial charge in [0.1, 0.15) is 0 Å². The van der Waals surface area contributed by atoms with Crippen molar-refractivity contribution in [2.45, 2.75) is 53.4 Å². The zero-order valence-corrected chi connectivity index (χ0v) is 10.4. The molecular formula is C12H24O2. The molecule has 0 spiro atoms. The molecule has 0 bridgehead atoms. The van der Waals surface area contributed by atoms with Crippen LogP contribution in [0.4, 0.5) is 0 Å². The average molecular weight is 200 g/mol. The lowest BCUT2D eigenvalue weighted by atomic mass is 9.95. The highest BCUT2D eigenvalue weighted by molar-refractivity contribution is 4.73. The molecule has 0 rings (SSSR count). The molecule has 0 amide bonds. The van der Waals surface area contributed by atoms with Gasteiger partial charge in [0.2, 0.25) is 0 Å². The van der Waals surface area contributed by atoms with E-state index in [2.05, 4.69) is 27.4 Å². The van der Waals surface area contributed by atoms with Crippen molar-refractivity contribution in [1.29, 1.82) is 0 Å². The molecule has 1 atom stereocenters. The lowest BCUT2D eigenvalue weighted by molar-refractivity contribution is -0.233. The van der Waals surface area contributed by atoms with Crippen LogP contribution in [0.25, 0.3) is 0 Å². The fourth-order valence-corrected chi connectivity index (χ4v) is 0.937. The zero-order chi connectivity index (χ0) is 11.4. The van der Waals surface area contributed by atoms with Crippen molar-refractivity contribution in [2.24, 2.45) is 5.41 Å². The van der Waals surface area contributed by atoms with Gasteiger partial charge in [0, 0.05) is 5.41 Å². The molecule has 0 N–H and O–H groups in total. The van der Waals surface area contributed by atoms with Gasteiger partial charge in [-0.2, -0.15) is 0 Å². The molecule has 0 aliphatic rings. The summed E-state index contributed by atoms with van der Waals surface area (Å²) in [5, 5.41) is 0. The Morgan fingerprint density at radius 2 is 1.64 bits per heavy atom. The Hall–Kier alpha value is -0.340. The fraction of sp³-hybridized carbons (Fsp3) is 0.833. The Kier molecular flexibility index (Phi) is 4.82. The van der Waals surface area contributed by atoms with Crippen LogP contribution in [0.15, 0.2) is 12.7 Å². The molecule has 0 saturated heterocycles. The second-order valence-corrected chi connectivity index (χ2v) is 5.55. The van der Waals surface area contributed by atoms with Crippen molar-refractivity contribution >= 4 is 0 Å². The summed E-state index contributed by atoms with van der Waals surface area (Å²) in [6, 6.07) is 0. The van der Waals surface area contributed by atoms with E-state index in [0.29, 0.717) is 6.61 Å². The van der Waals surface area contributed by atoms with Gasteiger partial charge in [-0.25, -0.2) is 0 Å². The van der Waals surface area contributed by atoms with Crippen LogP contribution < -0.4 is 0 Å². The number of hydrogen-bond acceptors (Lipinski definition) is 2. The van der Waals surface area contributed by atoms with Crippen LogP contribution in [-0.2, 0) is 9.47 Å². The maximum absolute atomic E-state index is 5.83. The molecule has 0 aromatic carbocycles. The molecule has 0 fully saturated rings. The molecule has 0 aliphatic carbocycles. The minimum absolute atomic E-state index is 0.0176. The van der Waals surface area contributed by atoms with E-state index in [0.717, 1.165) is 0 Å². The summed E-state index contributed by atoms with van der Waals surface area (Å²) < 4.78 is 11.4. The third-order valence-corrected chi connectivity index (χ3v) is 1.53. The minimum Gasteiger partial charge on any atom is -0.348 e. The third kappa shape index (κ3) is 6.17. The van der Waals surface area contributed by atoms with Crippen LogP contribution in [0.2, 0.25) is 0 Å². The molecular weight excluding hydrogens is 176 g/mol. The predicted octanol–water partition coefficient (Wildman–Crippen LogP) is 3.38. The lowest BCUT2D eigenvalue weighted by Crippen LogP contribution is -2.38. The zero-order valence-electron chi connectivity index (χ0n) is 10.4. The molecule has 0 aromatic heterocycles. The molecule has 0 saturated carbocycles. The highest BCUT2D eigenvalue weighted by Gasteiger charge is 2.30. The van der Waals surface area contributed by atoms with E-state index in [1.165, 1.54) is 0 Å². The van der Waals surface area contributed by atoms with Gasteiger partial charge in [-0.15, -0.1) is 6.58 Å². The largest absolute Gasteiger partial charge is 0.348 e. The summed E-state index contributed by atoms with van der Waals surface area (Å²) in [5.74, 6) is 0. The first kappa shape index (κ1) is 13.7. The first-order valence-electron chi connectivity index (χ1n) is 5.07. The van der Waals surface area contributed by atoms with Crippen molar-refractivity contribution in [3.63, 3.8) is 0 Å². The minimum atomic E-state index is -0.194. The summed E-state index contributed by atoms with van der Waals surface area (Å²) in [6.45, 7) is 16.6. The Bertz CT molecular complexity index is 172. The second kappa shape index (κ2) is 4.94. The van der Waals surface area contributed by atoms with E-state index >= 15 is 0 Å². The van der Waals surface area contributed by atoms with Crippen LogP contribution in [0, 0.1) is 5.41 Å². The standard InChI is InChI=1S/C12H24O2/c1-8-9-13-10(11(2,3)4)14-12(5,6)7/h8,10H,1,9H2,2-7H3. The first-order valence-corrected chi connectivity index (χ1v) is 5.07. The Labute approximate surface area is 88.3 Å². The molecule has 0 heterocycles. The summed E-state index contributed by atoms with van der Waals surface area (Å²) in [6.07, 6.45) is 1.55. The highest BCUT2D eigenvalue weighted by atomic mass is 16.7. The maximum Gasteiger partial charge on any atom is 0.163 e. The predicted molar refractivity (Wildman–Crippen MR) is 60.2 cm³/mol. The van der Waals surface area contributed by atoms with E-state index in [4.69, 9.17) is 9.47 Å². The Morgan fingerprint density at radius 3 is 1.93 bits per heavy atom. The van der Waals surface area contributed by atoms with Gasteiger partial charge in [0.15, 0.2) is 6.29 Å². The second-order valence-electron chi connectivity index (χ2n) is 5.55. The molecule has 84 valence electrons. The Balaban J connectivity index is 4.33. The van der Waals surface area contributed by atoms with Crippen LogP contribution in [-0.4, -0.2) is 18.5 Å². The smallest absolute Gasteiger partial charge is 0.163 e. The molecule has 1 unspecified atom stereocenters. The third-order valence-electron chi connectivity index (χ3n) is 1.53. The topological polar surface area (TPSA) is 18.5 Å². The van der Waals surface area contributed by atoms with E-state index in [1.807, 2.05) is 20.8 Å². The van der Waals surface area contributed by atoms with E-state index < -0.39 is 0 Å². The van der Waals surface area contributed by atoms with Crippen molar-refractivity contribution < 1.29 is 9.47 Å². The Morgan fingerprint density at radius 1 is 1.14 bits per heavy atom. The van der Waals surface area contributed by atoms with Gasteiger partial charge in [0.25, 0.3) is 0 Å². The number of ether oxygens (including phenoxy) is 2. The molecule has 2 nitrogen and oxygen atoms in total. The first-order chi connectivity index (χ1) is 6.17. The highest BCUT2D eigenvalue weighted by Crippen LogP contribution is 2.27. The summed E-state index contributed by atoms with van der Waals surface area (Å²) in [4.78, 5) is 0. The van der Waals surface area contributed by atoms with Gasteiger partial charge in [-0.1, -0.05) is 26.8 Å². The fourth-order valence-electron chi connectivity index (χ4n) is 0.937. The van der Waals surface area contributed by atoms with Crippen LogP contribution in [0.1, 0.15) is 41.5 Å². The number of rotatable bonds is 4. The monoisotopic (exact) mass is 200 g/mol. The van der Waals surface area contributed by atoms with Crippen molar-refractivity contribution in [3.8, 4) is 0 Å². The quantitative estimate of drug-likeness (QED) is 0.511. The summed E-state index contributed by atoms with van der Waals surface area (Å²) in [7, 11) is 0. The van der Waals surface area contributed by atoms with Gasteiger partial charge in [-0.3, -0.25) is 0 Å². The number of hydrogen-bond donors (Lipinski definition) is 0. The summed E-state index contributed by atoms with van der Waals surface area (Å²) in [5.41, 5.74) is -0.199. The summed E-state index contributed by atoms with van der Waals surface area (Å²) >= 11 is 0. The maximum atomic E-state index is 5.83. The van der Waals surface area contributed by atoms with Crippen LogP contribution in [0.5, 0.6) is 0 Å². The van der Waals surface area contributed by atoms with Gasteiger partial charge in [0.05, 0.1) is 12.2 Å². The van der Waals surface area contributed by atoms with Gasteiger partial charge in [-0.05, 0) is 20.8 Å². The normalized spacial score (nSPS) is 15.3. The van der Waals surface area contributed by atoms with E-state index in [1.54, 1.807) is 6.08 Å². The molecule has 0 aliphatic heterocycles. The van der Waals surface area contributed by atoms with Gasteiger partial charge < -0.3 is 9.47 Å². The molecule has 14 heavy (non-hydrogen) atoms. The van der Waals surface area contributed by atoms with Crippen molar-refractivity contribution in [2.75, 3.05) is 6.61 Å². The molecule has 0 radical (unpaired) electrons. The van der Waals surface area contributed by atoms with Crippen LogP contribution >= 0.6 is 0 Å². The van der Waals surface area contributed by atoms with E-state index in [9.17, 15) is 0 Å².